The van der Waals surface area contributed by atoms with E-state index in [1.54, 1.807) is 0 Å². The second kappa shape index (κ2) is 13.0. The number of allylic oxidation sites excluding steroid dienone is 2. The largest absolute Gasteiger partial charge is 0.573 e. The summed E-state index contributed by atoms with van der Waals surface area (Å²) in [7, 11) is 0. The molecule has 1 N–H and O–H groups in total. The van der Waals surface area contributed by atoms with Gasteiger partial charge in [-0.2, -0.15) is 4.99 Å². The Bertz CT molecular complexity index is 2020. The molecule has 0 spiro atoms. The maximum absolute atomic E-state index is 13.3. The van der Waals surface area contributed by atoms with Crippen LogP contribution in [0.2, 0.25) is 0 Å². The molecule has 12 heteroatoms. The zero-order chi connectivity index (χ0) is 33.3. The number of nitrogens with one attached hydrogen (secondary N) is 1. The molecule has 0 atom stereocenters. The Kier molecular flexibility index (Phi) is 8.87. The van der Waals surface area contributed by atoms with Crippen LogP contribution in [0.1, 0.15) is 61.4 Å². The van der Waals surface area contributed by atoms with Crippen LogP contribution in [0.15, 0.2) is 89.1 Å². The lowest BCUT2D eigenvalue weighted by Crippen LogP contribution is -2.24. The predicted molar refractivity (Wildman–Crippen MR) is 176 cm³/mol. The van der Waals surface area contributed by atoms with Crippen molar-refractivity contribution in [3.63, 3.8) is 0 Å². The molecule has 1 aliphatic rings. The van der Waals surface area contributed by atoms with E-state index in [-0.39, 0.29) is 5.75 Å². The summed E-state index contributed by atoms with van der Waals surface area (Å²) in [5, 5.41) is 9.57. The molecule has 1 aliphatic carbocycles. The number of rotatable bonds is 7. The van der Waals surface area contributed by atoms with Crippen molar-refractivity contribution in [3.8, 4) is 28.5 Å². The number of aromatic nitrogens is 4. The number of carbonyl (C=O) groups excluding carboxylic acids is 1. The van der Waals surface area contributed by atoms with E-state index < -0.39 is 12.4 Å². The molecule has 3 aromatic carbocycles. The third kappa shape index (κ3) is 7.22. The molecule has 2 amide bonds. The van der Waals surface area contributed by atoms with Gasteiger partial charge in [0.2, 0.25) is 0 Å². The fourth-order valence-electron chi connectivity index (χ4n) is 5.68. The van der Waals surface area contributed by atoms with Crippen LogP contribution in [0.3, 0.4) is 0 Å². The van der Waals surface area contributed by atoms with Crippen LogP contribution in [-0.4, -0.2) is 31.7 Å². The number of thiazole rings is 1. The zero-order valence-electron chi connectivity index (χ0n) is 26.3. The summed E-state index contributed by atoms with van der Waals surface area (Å²) in [6.45, 7) is 8.40. The Balaban J connectivity index is 1.20. The van der Waals surface area contributed by atoms with Crippen molar-refractivity contribution in [3.05, 3.63) is 111 Å². The van der Waals surface area contributed by atoms with Crippen LogP contribution in [-0.2, 0) is 0 Å². The second-order valence-corrected chi connectivity index (χ2v) is 12.5. The molecule has 0 saturated carbocycles. The normalized spacial score (nSPS) is 13.9. The third-order valence-corrected chi connectivity index (χ3v) is 8.86. The van der Waals surface area contributed by atoms with Crippen LogP contribution < -0.4 is 14.9 Å². The van der Waals surface area contributed by atoms with Crippen LogP contribution in [0.5, 0.6) is 5.75 Å². The Morgan fingerprint density at radius 3 is 2.43 bits per heavy atom. The average molecular weight is 659 g/mol. The molecule has 2 aromatic heterocycles. The molecule has 0 radical (unpaired) electrons. The van der Waals surface area contributed by atoms with Crippen LogP contribution in [0, 0.1) is 13.8 Å². The highest BCUT2D eigenvalue weighted by molar-refractivity contribution is 7.07. The molecule has 0 saturated heterocycles. The average Bonchev–Trinajstić information content (AvgIpc) is 3.77. The highest BCUT2D eigenvalue weighted by Gasteiger charge is 2.31. The molecule has 242 valence electrons. The Morgan fingerprint density at radius 1 is 1.00 bits per heavy atom. The maximum atomic E-state index is 13.3. The van der Waals surface area contributed by atoms with E-state index in [1.165, 1.54) is 52.2 Å². The number of carbonyl (C=O) groups is 1. The minimum atomic E-state index is -4.75. The number of nitrogens with zero attached hydrogens (tertiary/aromatic N) is 5. The lowest BCUT2D eigenvalue weighted by Gasteiger charge is -2.16. The first-order valence-corrected chi connectivity index (χ1v) is 16.1. The molecule has 47 heavy (non-hydrogen) atoms. The molecular weight excluding hydrogens is 625 g/mol. The Morgan fingerprint density at radius 2 is 1.72 bits per heavy atom. The molecule has 5 aromatic rings. The minimum absolute atomic E-state index is 0.310. The number of amides is 2. The lowest BCUT2D eigenvalue weighted by molar-refractivity contribution is -0.274. The van der Waals surface area contributed by atoms with E-state index in [2.05, 4.69) is 68.7 Å². The molecule has 8 nitrogen and oxygen atoms in total. The van der Waals surface area contributed by atoms with Gasteiger partial charge in [0.15, 0.2) is 10.6 Å². The van der Waals surface area contributed by atoms with Crippen LogP contribution >= 0.6 is 11.3 Å². The number of hydrogen-bond acceptors (Lipinski definition) is 5. The number of benzene rings is 3. The zero-order valence-corrected chi connectivity index (χ0v) is 27.1. The summed E-state index contributed by atoms with van der Waals surface area (Å²) >= 11 is 1.44. The number of urea groups is 1. The number of ether oxygens (including phenoxy) is 1. The Hall–Kier alpha value is -4.97. The first-order chi connectivity index (χ1) is 22.4. The second-order valence-electron chi connectivity index (χ2n) is 11.7. The summed E-state index contributed by atoms with van der Waals surface area (Å²) in [6.07, 6.45) is -0.757. The van der Waals surface area contributed by atoms with Crippen molar-refractivity contribution in [1.82, 2.24) is 24.6 Å². The van der Waals surface area contributed by atoms with Crippen LogP contribution in [0.25, 0.3) is 28.3 Å². The van der Waals surface area contributed by atoms with Gasteiger partial charge in [-0.05, 0) is 91.6 Å². The molecule has 2 heterocycles. The number of aryl methyl sites for hydroxylation is 2. The van der Waals surface area contributed by atoms with E-state index in [1.807, 2.05) is 36.6 Å². The maximum Gasteiger partial charge on any atom is 0.573 e. The van der Waals surface area contributed by atoms with Gasteiger partial charge in [-0.15, -0.1) is 29.6 Å². The standard InChI is InChI=1S/C35H33F3N6O2S/c1-21(2)28-17-8-22(3)18-31(28)44-23(4)19-47-34(44)41-33(45)40-30-7-5-6-29(30)24-9-11-25(12-10-24)32-39-20-43(42-32)26-13-15-27(16-14-26)46-35(36,37)38/h8-21H,5-7H2,1-4H3,(H,40,45)/b41-34-. The fourth-order valence-corrected chi connectivity index (χ4v) is 6.55. The topological polar surface area (TPSA) is 86.3 Å². The van der Waals surface area contributed by atoms with E-state index in [4.69, 9.17) is 0 Å². The quantitative estimate of drug-likeness (QED) is 0.190. The van der Waals surface area contributed by atoms with Gasteiger partial charge in [-0.25, -0.2) is 14.5 Å². The summed E-state index contributed by atoms with van der Waals surface area (Å²) in [5.74, 6) is 0.467. The molecule has 0 unspecified atom stereocenters. The first kappa shape index (κ1) is 32.0. The van der Waals surface area contributed by atoms with Gasteiger partial charge in [0.1, 0.15) is 12.1 Å². The highest BCUT2D eigenvalue weighted by Crippen LogP contribution is 2.33. The van der Waals surface area contributed by atoms with Crippen molar-refractivity contribution in [1.29, 1.82) is 0 Å². The van der Waals surface area contributed by atoms with Crippen molar-refractivity contribution < 1.29 is 22.7 Å². The van der Waals surface area contributed by atoms with Gasteiger partial charge < -0.3 is 10.1 Å². The molecular formula is C35H33F3N6O2S. The van der Waals surface area contributed by atoms with Gasteiger partial charge in [0, 0.05) is 22.3 Å². The highest BCUT2D eigenvalue weighted by atomic mass is 32.1. The molecule has 0 fully saturated rings. The predicted octanol–water partition coefficient (Wildman–Crippen LogP) is 8.63. The molecule has 6 rings (SSSR count). The fraction of sp³-hybridized carbons (Fsp3) is 0.257. The smallest absolute Gasteiger partial charge is 0.406 e. The number of halogens is 3. The summed E-state index contributed by atoms with van der Waals surface area (Å²) in [4.78, 5) is 22.8. The van der Waals surface area contributed by atoms with Crippen molar-refractivity contribution >= 4 is 22.9 Å². The van der Waals surface area contributed by atoms with Gasteiger partial charge in [-0.3, -0.25) is 4.57 Å². The first-order valence-electron chi connectivity index (χ1n) is 15.2. The van der Waals surface area contributed by atoms with E-state index >= 15 is 0 Å². The summed E-state index contributed by atoms with van der Waals surface area (Å²) in [6, 6.07) is 19.2. The SMILES string of the molecule is Cc1ccc(C(C)C)c(-n2c(C)cs/c2=N\C(=O)NC2=C(c3ccc(-c4ncn(-c5ccc(OC(F)(F)F)cc5)n4)cc3)CCC2)c1. The lowest BCUT2D eigenvalue weighted by atomic mass is 9.99. The number of hydrogen-bond donors (Lipinski definition) is 1. The molecule has 0 aliphatic heterocycles. The van der Waals surface area contributed by atoms with E-state index in [0.717, 1.165) is 58.6 Å². The van der Waals surface area contributed by atoms with Gasteiger partial charge in [0.05, 0.1) is 11.4 Å². The van der Waals surface area contributed by atoms with E-state index in [0.29, 0.717) is 22.2 Å². The molecule has 0 bridgehead atoms. The number of alkyl halides is 3. The van der Waals surface area contributed by atoms with Crippen LogP contribution in [0.4, 0.5) is 18.0 Å². The monoisotopic (exact) mass is 658 g/mol. The van der Waals surface area contributed by atoms with Gasteiger partial charge >= 0.3 is 12.4 Å². The van der Waals surface area contributed by atoms with Gasteiger partial charge in [-0.1, -0.05) is 50.2 Å². The van der Waals surface area contributed by atoms with Crippen molar-refractivity contribution in [2.24, 2.45) is 4.99 Å². The third-order valence-electron chi connectivity index (χ3n) is 7.92. The van der Waals surface area contributed by atoms with Crippen molar-refractivity contribution in [2.75, 3.05) is 0 Å². The summed E-state index contributed by atoms with van der Waals surface area (Å²) in [5.41, 5.74) is 8.63. The van der Waals surface area contributed by atoms with Gasteiger partial charge in [0.25, 0.3) is 0 Å². The Labute approximate surface area is 273 Å². The summed E-state index contributed by atoms with van der Waals surface area (Å²) < 4.78 is 44.9. The van der Waals surface area contributed by atoms with E-state index in [9.17, 15) is 18.0 Å². The van der Waals surface area contributed by atoms with Crippen molar-refractivity contribution in [2.45, 2.75) is 59.2 Å². The minimum Gasteiger partial charge on any atom is -0.406 e.